The average Bonchev–Trinajstić information content (AvgIpc) is 3.48. The maximum Gasteiger partial charge on any atom is 0.253 e. The molecule has 1 aromatic heterocycles. The molecule has 0 unspecified atom stereocenters. The van der Waals surface area contributed by atoms with Gasteiger partial charge in [0.15, 0.2) is 0 Å². The molecule has 1 saturated carbocycles. The van der Waals surface area contributed by atoms with Crippen LogP contribution in [0.5, 0.6) is 5.75 Å². The van der Waals surface area contributed by atoms with Crippen LogP contribution in [0, 0.1) is 5.92 Å². The van der Waals surface area contributed by atoms with Crippen molar-refractivity contribution in [2.24, 2.45) is 5.92 Å². The summed E-state index contributed by atoms with van der Waals surface area (Å²) in [6.07, 6.45) is 6.52. The third-order valence-corrected chi connectivity index (χ3v) is 9.40. The van der Waals surface area contributed by atoms with Crippen molar-refractivity contribution >= 4 is 27.0 Å². The summed E-state index contributed by atoms with van der Waals surface area (Å²) < 4.78 is 34.7. The van der Waals surface area contributed by atoms with Crippen LogP contribution in [0.3, 0.4) is 0 Å². The highest BCUT2D eigenvalue weighted by atomic mass is 32.2. The summed E-state index contributed by atoms with van der Waals surface area (Å²) in [4.78, 5) is 19.5. The number of benzene rings is 2. The topological polar surface area (TPSA) is 81.5 Å². The first-order chi connectivity index (χ1) is 17.4. The van der Waals surface area contributed by atoms with Gasteiger partial charge in [-0.1, -0.05) is 31.4 Å². The third-order valence-electron chi connectivity index (χ3n) is 7.54. The maximum absolute atomic E-state index is 13.8. The minimum atomic E-state index is -3.63. The molecule has 5 rings (SSSR count). The van der Waals surface area contributed by atoms with E-state index in [-0.39, 0.29) is 17.6 Å². The van der Waals surface area contributed by atoms with Crippen LogP contribution in [0.2, 0.25) is 0 Å². The van der Waals surface area contributed by atoms with E-state index in [4.69, 9.17) is 9.72 Å². The number of aromatic nitrogens is 2. The zero-order chi connectivity index (χ0) is 25.3. The minimum absolute atomic E-state index is 0.0679. The van der Waals surface area contributed by atoms with Gasteiger partial charge in [-0.05, 0) is 68.0 Å². The molecule has 1 aliphatic carbocycles. The third kappa shape index (κ3) is 4.88. The lowest BCUT2D eigenvalue weighted by Gasteiger charge is -2.22. The van der Waals surface area contributed by atoms with Gasteiger partial charge in [0.2, 0.25) is 10.0 Å². The summed E-state index contributed by atoms with van der Waals surface area (Å²) in [5.74, 6) is 1.63. The standard InChI is InChI=1S/C28H35N3O4S/c1-3-30(4-2)28(32)23-11-12-25-24(18-23)29-27(17-21-10-13-26-22(16-21)14-15-35-26)31(25)36(33,34)19-20-8-6-5-7-9-20/h10-13,16,18,20H,3-9,14-15,17,19H2,1-2H3. The number of hydrogen-bond donors (Lipinski definition) is 0. The van der Waals surface area contributed by atoms with E-state index in [1.807, 2.05) is 26.0 Å². The summed E-state index contributed by atoms with van der Waals surface area (Å²) >= 11 is 0. The highest BCUT2D eigenvalue weighted by molar-refractivity contribution is 7.90. The smallest absolute Gasteiger partial charge is 0.253 e. The molecule has 1 amide bonds. The van der Waals surface area contributed by atoms with Crippen molar-refractivity contribution in [1.82, 2.24) is 13.9 Å². The van der Waals surface area contributed by atoms with Gasteiger partial charge in [-0.15, -0.1) is 0 Å². The molecule has 2 aromatic carbocycles. The average molecular weight is 510 g/mol. The number of carbonyl (C=O) groups is 1. The molecule has 0 spiro atoms. The Hall–Kier alpha value is -2.87. The van der Waals surface area contributed by atoms with Crippen LogP contribution in [-0.2, 0) is 22.9 Å². The van der Waals surface area contributed by atoms with Gasteiger partial charge in [0.25, 0.3) is 5.91 Å². The van der Waals surface area contributed by atoms with Crippen LogP contribution in [0.1, 0.15) is 73.3 Å². The van der Waals surface area contributed by atoms with Gasteiger partial charge in [-0.25, -0.2) is 17.4 Å². The van der Waals surface area contributed by atoms with E-state index >= 15 is 0 Å². The molecule has 1 fully saturated rings. The molecule has 7 nitrogen and oxygen atoms in total. The van der Waals surface area contributed by atoms with Crippen molar-refractivity contribution in [2.45, 2.75) is 58.8 Å². The number of fused-ring (bicyclic) bond motifs is 2. The van der Waals surface area contributed by atoms with Gasteiger partial charge in [-0.3, -0.25) is 4.79 Å². The first-order valence-electron chi connectivity index (χ1n) is 13.2. The summed E-state index contributed by atoms with van der Waals surface area (Å²) in [5.41, 5.74) is 3.76. The quantitative estimate of drug-likeness (QED) is 0.436. The summed E-state index contributed by atoms with van der Waals surface area (Å²) in [5, 5.41) is 0. The van der Waals surface area contributed by atoms with E-state index < -0.39 is 10.0 Å². The van der Waals surface area contributed by atoms with Crippen LogP contribution in [0.4, 0.5) is 0 Å². The van der Waals surface area contributed by atoms with Gasteiger partial charge in [0, 0.05) is 31.5 Å². The zero-order valence-corrected chi connectivity index (χ0v) is 22.0. The Kier molecular flexibility index (Phi) is 7.06. The zero-order valence-electron chi connectivity index (χ0n) is 21.2. The van der Waals surface area contributed by atoms with Crippen molar-refractivity contribution in [3.63, 3.8) is 0 Å². The Labute approximate surface area is 213 Å². The fourth-order valence-corrected chi connectivity index (χ4v) is 7.57. The molecular weight excluding hydrogens is 474 g/mol. The Bertz CT molecular complexity index is 1370. The molecule has 0 radical (unpaired) electrons. The summed E-state index contributed by atoms with van der Waals surface area (Å²) in [6, 6.07) is 11.3. The van der Waals surface area contributed by atoms with E-state index in [1.54, 1.807) is 23.1 Å². The molecule has 8 heteroatoms. The lowest BCUT2D eigenvalue weighted by atomic mass is 9.91. The number of ether oxygens (including phenoxy) is 1. The second-order valence-corrected chi connectivity index (χ2v) is 11.8. The molecule has 1 aliphatic heterocycles. The van der Waals surface area contributed by atoms with E-state index in [0.717, 1.165) is 49.0 Å². The number of hydrogen-bond acceptors (Lipinski definition) is 5. The van der Waals surface area contributed by atoms with Crippen molar-refractivity contribution in [3.05, 3.63) is 58.9 Å². The molecule has 0 N–H and O–H groups in total. The van der Waals surface area contributed by atoms with Crippen molar-refractivity contribution in [3.8, 4) is 5.75 Å². The number of amides is 1. The lowest BCUT2D eigenvalue weighted by Crippen LogP contribution is -2.30. The minimum Gasteiger partial charge on any atom is -0.493 e. The van der Waals surface area contributed by atoms with Crippen LogP contribution >= 0.6 is 0 Å². The normalized spacial score (nSPS) is 16.2. The molecule has 0 saturated heterocycles. The van der Waals surface area contributed by atoms with Gasteiger partial charge in [0.05, 0.1) is 23.4 Å². The molecule has 0 bridgehead atoms. The van der Waals surface area contributed by atoms with Gasteiger partial charge >= 0.3 is 0 Å². The molecule has 3 aromatic rings. The first-order valence-corrected chi connectivity index (χ1v) is 14.8. The SMILES string of the molecule is CCN(CC)C(=O)c1ccc2c(c1)nc(Cc1ccc3c(c1)CCO3)n2S(=O)(=O)CC1CCCCC1. The summed E-state index contributed by atoms with van der Waals surface area (Å²) in [6.45, 7) is 5.81. The Morgan fingerprint density at radius 3 is 2.61 bits per heavy atom. The molecule has 0 atom stereocenters. The number of nitrogens with zero attached hydrogens (tertiary/aromatic N) is 3. The first kappa shape index (κ1) is 24.8. The van der Waals surface area contributed by atoms with Gasteiger partial charge in [0.1, 0.15) is 11.6 Å². The van der Waals surface area contributed by atoms with Crippen LogP contribution in [0.15, 0.2) is 36.4 Å². The van der Waals surface area contributed by atoms with Crippen molar-refractivity contribution in [1.29, 1.82) is 0 Å². The predicted molar refractivity (Wildman–Crippen MR) is 141 cm³/mol. The second-order valence-electron chi connectivity index (χ2n) is 9.97. The fourth-order valence-electron chi connectivity index (χ4n) is 5.62. The van der Waals surface area contributed by atoms with Crippen molar-refractivity contribution in [2.75, 3.05) is 25.4 Å². The molecule has 2 aliphatic rings. The van der Waals surface area contributed by atoms with Crippen LogP contribution in [-0.4, -0.2) is 53.6 Å². The highest BCUT2D eigenvalue weighted by Crippen LogP contribution is 2.30. The van der Waals surface area contributed by atoms with Gasteiger partial charge < -0.3 is 9.64 Å². The van der Waals surface area contributed by atoms with E-state index in [1.165, 1.54) is 10.4 Å². The molecular formula is C28H35N3O4S. The van der Waals surface area contributed by atoms with E-state index in [9.17, 15) is 13.2 Å². The number of imidazole rings is 1. The van der Waals surface area contributed by atoms with Crippen LogP contribution in [0.25, 0.3) is 11.0 Å². The van der Waals surface area contributed by atoms with Crippen molar-refractivity contribution < 1.29 is 17.9 Å². The Morgan fingerprint density at radius 2 is 1.86 bits per heavy atom. The predicted octanol–water partition coefficient (Wildman–Crippen LogP) is 4.80. The molecule has 36 heavy (non-hydrogen) atoms. The fraction of sp³-hybridized carbons (Fsp3) is 0.500. The molecule has 2 heterocycles. The highest BCUT2D eigenvalue weighted by Gasteiger charge is 2.28. The largest absolute Gasteiger partial charge is 0.493 e. The molecule has 192 valence electrons. The lowest BCUT2D eigenvalue weighted by molar-refractivity contribution is 0.0773. The number of carbonyl (C=O) groups excluding carboxylic acids is 1. The van der Waals surface area contributed by atoms with E-state index in [2.05, 4.69) is 6.07 Å². The Balaban J connectivity index is 1.56. The second kappa shape index (κ2) is 10.2. The van der Waals surface area contributed by atoms with Crippen LogP contribution < -0.4 is 4.74 Å². The Morgan fingerprint density at radius 1 is 1.08 bits per heavy atom. The maximum atomic E-state index is 13.8. The van der Waals surface area contributed by atoms with Gasteiger partial charge in [-0.2, -0.15) is 0 Å². The number of rotatable bonds is 8. The summed E-state index contributed by atoms with van der Waals surface area (Å²) in [7, 11) is -3.63. The van der Waals surface area contributed by atoms with E-state index in [0.29, 0.717) is 48.5 Å². The monoisotopic (exact) mass is 509 g/mol.